The van der Waals surface area contributed by atoms with Gasteiger partial charge in [0.05, 0.1) is 25.9 Å². The highest BCUT2D eigenvalue weighted by Crippen LogP contribution is 2.44. The van der Waals surface area contributed by atoms with Gasteiger partial charge in [-0.2, -0.15) is 0 Å². The van der Waals surface area contributed by atoms with Crippen molar-refractivity contribution in [3.8, 4) is 22.6 Å². The summed E-state index contributed by atoms with van der Waals surface area (Å²) in [5, 5.41) is 9.83. The molecule has 1 unspecified atom stereocenters. The fourth-order valence-electron chi connectivity index (χ4n) is 3.47. The topological polar surface area (TPSA) is 65.0 Å². The lowest BCUT2D eigenvalue weighted by Gasteiger charge is -2.27. The third-order valence-corrected chi connectivity index (χ3v) is 5.18. The number of fused-ring (bicyclic) bond motifs is 1. The molecule has 1 atom stereocenters. The number of allylic oxidation sites excluding steroid dienone is 1. The van der Waals surface area contributed by atoms with Crippen molar-refractivity contribution in [3.05, 3.63) is 66.3 Å². The van der Waals surface area contributed by atoms with Crippen molar-refractivity contribution >= 4 is 12.0 Å². The fourth-order valence-corrected chi connectivity index (χ4v) is 3.47. The number of cyclic esters (lactones) is 1. The summed E-state index contributed by atoms with van der Waals surface area (Å²) < 4.78 is 17.1. The van der Waals surface area contributed by atoms with Crippen molar-refractivity contribution in [3.63, 3.8) is 0 Å². The monoisotopic (exact) mass is 426 g/mol. The number of carbonyl (C=O) groups is 1. The van der Waals surface area contributed by atoms with Crippen LogP contribution >= 0.6 is 0 Å². The maximum atomic E-state index is 12.0. The summed E-state index contributed by atoms with van der Waals surface area (Å²) in [6.07, 6.45) is 4.07. The van der Waals surface area contributed by atoms with Crippen LogP contribution < -0.4 is 9.47 Å². The van der Waals surface area contributed by atoms with Crippen LogP contribution in [0, 0.1) is 5.41 Å². The predicted octanol–water partition coefficient (Wildman–Crippen LogP) is 5.90. The molecule has 5 heteroatoms. The number of carbonyl (C=O) groups excluding carboxylic acids is 1. The Bertz CT molecular complexity index is 953. The highest BCUT2D eigenvalue weighted by Gasteiger charge is 2.28. The number of rotatable bonds is 9. The van der Waals surface area contributed by atoms with Crippen LogP contribution in [0.3, 0.4) is 0 Å². The maximum Gasteiger partial charge on any atom is 0.338 e. The number of hydrogen-bond donors (Lipinski definition) is 1. The summed E-state index contributed by atoms with van der Waals surface area (Å²) in [5.74, 6) is 0.776. The van der Waals surface area contributed by atoms with E-state index >= 15 is 0 Å². The van der Waals surface area contributed by atoms with Crippen molar-refractivity contribution in [2.45, 2.75) is 33.8 Å². The molecule has 5 nitrogen and oxygen atoms in total. The molecule has 31 heavy (non-hydrogen) atoms. The van der Waals surface area contributed by atoms with Crippen molar-refractivity contribution in [2.75, 3.05) is 20.3 Å². The van der Waals surface area contributed by atoms with Gasteiger partial charge < -0.3 is 19.3 Å². The molecule has 3 rings (SSSR count). The molecule has 0 fully saturated rings. The molecule has 1 N–H and O–H groups in total. The summed E-state index contributed by atoms with van der Waals surface area (Å²) in [6.45, 7) is 14.0. The minimum atomic E-state index is -0.480. The first-order valence-electron chi connectivity index (χ1n) is 10.5. The maximum absolute atomic E-state index is 12.0. The number of aliphatic hydroxyl groups is 1. The lowest BCUT2D eigenvalue weighted by molar-refractivity contribution is 0.0535. The van der Waals surface area contributed by atoms with Crippen LogP contribution in [0.15, 0.2) is 49.6 Å². The highest BCUT2D eigenvalue weighted by atomic mass is 16.5. The quantitative estimate of drug-likeness (QED) is 0.399. The van der Waals surface area contributed by atoms with E-state index in [-0.39, 0.29) is 27.2 Å². The van der Waals surface area contributed by atoms with Crippen LogP contribution in [0.4, 0.5) is 0 Å². The molecular formula is C26H34O5. The summed E-state index contributed by atoms with van der Waals surface area (Å²) in [5.41, 5.74) is 3.35. The van der Waals surface area contributed by atoms with Gasteiger partial charge >= 0.3 is 5.97 Å². The average Bonchev–Trinajstić information content (AvgIpc) is 3.19. The molecule has 1 aliphatic rings. The van der Waals surface area contributed by atoms with Gasteiger partial charge in [-0.05, 0) is 24.1 Å². The van der Waals surface area contributed by atoms with E-state index in [1.54, 1.807) is 25.3 Å². The summed E-state index contributed by atoms with van der Waals surface area (Å²) in [6, 6.07) is 9.35. The van der Waals surface area contributed by atoms with E-state index in [0.29, 0.717) is 23.5 Å². The number of methoxy groups -OCH3 is 1. The highest BCUT2D eigenvalue weighted by molar-refractivity contribution is 5.96. The normalized spacial score (nSPS) is 13.8. The lowest BCUT2D eigenvalue weighted by atomic mass is 9.89. The van der Waals surface area contributed by atoms with Gasteiger partial charge in [0.15, 0.2) is 11.5 Å². The molecule has 168 valence electrons. The Morgan fingerprint density at radius 2 is 1.87 bits per heavy atom. The number of ether oxygens (including phenoxy) is 3. The first-order valence-corrected chi connectivity index (χ1v) is 10.5. The minimum absolute atomic E-state index is 0. The van der Waals surface area contributed by atoms with Gasteiger partial charge in [-0.25, -0.2) is 4.79 Å². The molecule has 0 amide bonds. The van der Waals surface area contributed by atoms with E-state index < -0.39 is 5.41 Å². The molecule has 0 aliphatic carbocycles. The summed E-state index contributed by atoms with van der Waals surface area (Å²) in [7, 11) is 1.58. The number of esters is 1. The molecule has 2 aromatic rings. The van der Waals surface area contributed by atoms with Gasteiger partial charge in [-0.1, -0.05) is 57.7 Å². The lowest BCUT2D eigenvalue weighted by Crippen LogP contribution is -2.29. The Morgan fingerprint density at radius 3 is 2.48 bits per heavy atom. The van der Waals surface area contributed by atoms with Crippen LogP contribution in [0.1, 0.15) is 50.1 Å². The number of hydrogen-bond acceptors (Lipinski definition) is 5. The molecule has 0 saturated heterocycles. The molecule has 0 spiro atoms. The van der Waals surface area contributed by atoms with Gasteiger partial charge in [0.25, 0.3) is 0 Å². The first kappa shape index (κ1) is 24.2. The Morgan fingerprint density at radius 1 is 1.16 bits per heavy atom. The molecule has 0 radical (unpaired) electrons. The van der Waals surface area contributed by atoms with Crippen molar-refractivity contribution in [1.82, 2.24) is 0 Å². The smallest absolute Gasteiger partial charge is 0.338 e. The second kappa shape index (κ2) is 10.8. The Kier molecular flexibility index (Phi) is 8.46. The second-order valence-corrected chi connectivity index (χ2v) is 7.43. The van der Waals surface area contributed by atoms with E-state index in [4.69, 9.17) is 14.2 Å². The van der Waals surface area contributed by atoms with Crippen LogP contribution in [-0.4, -0.2) is 31.4 Å². The van der Waals surface area contributed by atoms with E-state index in [1.807, 2.05) is 45.0 Å². The van der Waals surface area contributed by atoms with E-state index in [9.17, 15) is 9.90 Å². The average molecular weight is 427 g/mol. The Labute approximate surface area is 186 Å². The van der Waals surface area contributed by atoms with Gasteiger partial charge in [-0.15, -0.1) is 6.58 Å². The molecule has 0 aromatic heterocycles. The van der Waals surface area contributed by atoms with E-state index in [0.717, 1.165) is 22.3 Å². The zero-order valence-electron chi connectivity index (χ0n) is 18.9. The third kappa shape index (κ3) is 5.00. The zero-order valence-corrected chi connectivity index (χ0v) is 18.9. The van der Waals surface area contributed by atoms with Crippen molar-refractivity contribution < 1.29 is 25.5 Å². The second-order valence-electron chi connectivity index (χ2n) is 7.43. The number of aliphatic hydroxyl groups excluding tert-OH is 1. The standard InChI is InChI=1S/C24H26O5.C2H6.H2/c1-5-12-24(3,14-25)15-29-22-18(11-10-16(6-2)21(22)27-4)17-8-7-9-19-20(17)13-28-23(19)26;1-2;/h5-11,25H,1-2,12-15H2,3-4H3;1-2H3;1H. The van der Waals surface area contributed by atoms with Crippen LogP contribution in [0.2, 0.25) is 0 Å². The first-order chi connectivity index (χ1) is 15.0. The third-order valence-electron chi connectivity index (χ3n) is 5.18. The van der Waals surface area contributed by atoms with Crippen molar-refractivity contribution in [1.29, 1.82) is 0 Å². The summed E-state index contributed by atoms with van der Waals surface area (Å²) in [4.78, 5) is 12.0. The van der Waals surface area contributed by atoms with E-state index in [1.165, 1.54) is 0 Å². The van der Waals surface area contributed by atoms with E-state index in [2.05, 4.69) is 13.2 Å². The van der Waals surface area contributed by atoms with Crippen LogP contribution in [0.25, 0.3) is 17.2 Å². The van der Waals surface area contributed by atoms with Gasteiger partial charge in [-0.3, -0.25) is 0 Å². The molecule has 1 aliphatic heterocycles. The molecule has 2 aromatic carbocycles. The van der Waals surface area contributed by atoms with Gasteiger partial charge in [0.2, 0.25) is 0 Å². The summed E-state index contributed by atoms with van der Waals surface area (Å²) >= 11 is 0. The molecule has 0 saturated carbocycles. The SMILES string of the molecule is C=CCC(C)(CO)COc1c(-c2cccc3c2COC3=O)ccc(C=C)c1OC.CC.[HH]. The van der Waals surface area contributed by atoms with Crippen LogP contribution in [-0.2, 0) is 11.3 Å². The van der Waals surface area contributed by atoms with Gasteiger partial charge in [0, 0.05) is 23.5 Å². The molecule has 1 heterocycles. The van der Waals surface area contributed by atoms with Crippen molar-refractivity contribution in [2.24, 2.45) is 5.41 Å². The molecule has 0 bridgehead atoms. The van der Waals surface area contributed by atoms with Crippen LogP contribution in [0.5, 0.6) is 11.5 Å². The zero-order chi connectivity index (χ0) is 23.0. The Balaban J connectivity index is 0.00000166. The van der Waals surface area contributed by atoms with Gasteiger partial charge in [0.1, 0.15) is 6.61 Å². The number of benzene rings is 2. The largest absolute Gasteiger partial charge is 0.492 e. The minimum Gasteiger partial charge on any atom is -0.492 e. The fraction of sp³-hybridized carbons (Fsp3) is 0.346. The predicted molar refractivity (Wildman–Crippen MR) is 127 cm³/mol. The molecular weight excluding hydrogens is 392 g/mol. The Hall–Kier alpha value is -3.05.